The molecule has 0 aromatic rings. The molecule has 2 heterocycles. The number of hydrogen-bond donors (Lipinski definition) is 4. The van der Waals surface area contributed by atoms with E-state index < -0.39 is 36.8 Å². The van der Waals surface area contributed by atoms with Gasteiger partial charge in [-0.1, -0.05) is 13.8 Å². The molecule has 0 bridgehead atoms. The second-order valence-corrected chi connectivity index (χ2v) is 4.03. The van der Waals surface area contributed by atoms with Gasteiger partial charge in [0.25, 0.3) is 0 Å². The summed E-state index contributed by atoms with van der Waals surface area (Å²) in [5.74, 6) is -1.26. The zero-order chi connectivity index (χ0) is 13.1. The van der Waals surface area contributed by atoms with Crippen molar-refractivity contribution in [3.8, 4) is 0 Å². The fourth-order valence-corrected chi connectivity index (χ4v) is 2.17. The van der Waals surface area contributed by atoms with Crippen molar-refractivity contribution in [1.82, 2.24) is 0 Å². The third-order valence-corrected chi connectivity index (χ3v) is 3.05. The first-order valence-electron chi connectivity index (χ1n) is 6.07. The molecule has 102 valence electrons. The summed E-state index contributed by atoms with van der Waals surface area (Å²) in [5, 5.41) is 37.8. The van der Waals surface area contributed by atoms with Crippen LogP contribution >= 0.6 is 0 Å². The number of aliphatic hydroxyl groups is 4. The average Bonchev–Trinajstić information content (AvgIpc) is 2.84. The Balaban J connectivity index is 0.000000686. The zero-order valence-corrected chi connectivity index (χ0v) is 10.2. The highest BCUT2D eigenvalue weighted by molar-refractivity contribution is 4.98. The van der Waals surface area contributed by atoms with Crippen LogP contribution in [0.5, 0.6) is 0 Å². The number of ether oxygens (including phenoxy) is 2. The predicted octanol–water partition coefficient (Wildman–Crippen LogP) is -1.01. The van der Waals surface area contributed by atoms with E-state index in [2.05, 4.69) is 0 Å². The topological polar surface area (TPSA) is 99.4 Å². The third-order valence-electron chi connectivity index (χ3n) is 3.05. The maximum absolute atomic E-state index is 9.77. The molecule has 6 nitrogen and oxygen atoms in total. The van der Waals surface area contributed by atoms with E-state index in [1.165, 1.54) is 0 Å². The molecule has 0 unspecified atom stereocenters. The van der Waals surface area contributed by atoms with Gasteiger partial charge in [-0.2, -0.15) is 0 Å². The third kappa shape index (κ3) is 2.62. The van der Waals surface area contributed by atoms with E-state index in [0.29, 0.717) is 13.0 Å². The summed E-state index contributed by atoms with van der Waals surface area (Å²) in [4.78, 5) is 0. The van der Waals surface area contributed by atoms with Crippen molar-refractivity contribution in [1.29, 1.82) is 0 Å². The highest BCUT2D eigenvalue weighted by Gasteiger charge is 2.55. The van der Waals surface area contributed by atoms with Crippen LogP contribution in [0.3, 0.4) is 0 Å². The monoisotopic (exact) mass is 250 g/mol. The second kappa shape index (κ2) is 6.08. The molecule has 0 aliphatic carbocycles. The Kier molecular flexibility index (Phi) is 5.30. The summed E-state index contributed by atoms with van der Waals surface area (Å²) in [5.41, 5.74) is 0. The maximum Gasteiger partial charge on any atom is 0.197 e. The molecule has 1 spiro atoms. The Morgan fingerprint density at radius 3 is 2.29 bits per heavy atom. The van der Waals surface area contributed by atoms with Crippen molar-refractivity contribution in [2.75, 3.05) is 13.2 Å². The summed E-state index contributed by atoms with van der Waals surface area (Å²) in [6.45, 7) is 4.02. The van der Waals surface area contributed by atoms with Gasteiger partial charge in [-0.15, -0.1) is 0 Å². The lowest BCUT2D eigenvalue weighted by molar-refractivity contribution is -0.349. The average molecular weight is 250 g/mol. The SMILES string of the molecule is CC.OC[C@H]1O[C@@]2(CCCO2)[C@H](O)[C@@H](O)[C@@H]1O. The van der Waals surface area contributed by atoms with Crippen molar-refractivity contribution in [3.05, 3.63) is 0 Å². The van der Waals surface area contributed by atoms with Crippen LogP contribution in [-0.2, 0) is 9.47 Å². The molecular weight excluding hydrogens is 228 g/mol. The van der Waals surface area contributed by atoms with Crippen molar-refractivity contribution < 1.29 is 29.9 Å². The van der Waals surface area contributed by atoms with Crippen molar-refractivity contribution in [3.63, 3.8) is 0 Å². The smallest absolute Gasteiger partial charge is 0.197 e. The van der Waals surface area contributed by atoms with E-state index in [4.69, 9.17) is 14.6 Å². The molecule has 2 aliphatic heterocycles. The van der Waals surface area contributed by atoms with Crippen LogP contribution < -0.4 is 0 Å². The number of hydrogen-bond acceptors (Lipinski definition) is 6. The summed E-state index contributed by atoms with van der Waals surface area (Å²) in [6.07, 6.45) is -3.67. The largest absolute Gasteiger partial charge is 0.394 e. The Morgan fingerprint density at radius 1 is 1.18 bits per heavy atom. The predicted molar refractivity (Wildman–Crippen MR) is 59.2 cm³/mol. The van der Waals surface area contributed by atoms with Crippen LogP contribution in [0.15, 0.2) is 0 Å². The Bertz CT molecular complexity index is 226. The van der Waals surface area contributed by atoms with Crippen molar-refractivity contribution >= 4 is 0 Å². The first-order valence-corrected chi connectivity index (χ1v) is 6.07. The Morgan fingerprint density at radius 2 is 1.82 bits per heavy atom. The lowest BCUT2D eigenvalue weighted by Gasteiger charge is -2.45. The molecule has 0 radical (unpaired) electrons. The summed E-state index contributed by atoms with van der Waals surface area (Å²) in [6, 6.07) is 0. The summed E-state index contributed by atoms with van der Waals surface area (Å²) < 4.78 is 10.6. The Labute approximate surface area is 101 Å². The van der Waals surface area contributed by atoms with E-state index in [1.54, 1.807) is 0 Å². The maximum atomic E-state index is 9.77. The first-order chi connectivity index (χ1) is 8.10. The molecule has 4 N–H and O–H groups in total. The fourth-order valence-electron chi connectivity index (χ4n) is 2.17. The number of aliphatic hydroxyl groups excluding tert-OH is 4. The normalized spacial score (nSPS) is 45.5. The molecule has 2 aliphatic rings. The van der Waals surface area contributed by atoms with Gasteiger partial charge in [0, 0.05) is 6.42 Å². The Hall–Kier alpha value is -0.240. The lowest BCUT2D eigenvalue weighted by atomic mass is 9.91. The molecule has 0 saturated carbocycles. The van der Waals surface area contributed by atoms with Gasteiger partial charge in [-0.25, -0.2) is 0 Å². The van der Waals surface area contributed by atoms with Crippen LogP contribution in [0.1, 0.15) is 26.7 Å². The molecule has 5 atom stereocenters. The molecule has 6 heteroatoms. The van der Waals surface area contributed by atoms with E-state index in [9.17, 15) is 15.3 Å². The van der Waals surface area contributed by atoms with Gasteiger partial charge < -0.3 is 29.9 Å². The summed E-state index contributed by atoms with van der Waals surface area (Å²) in [7, 11) is 0. The number of rotatable bonds is 1. The molecule has 17 heavy (non-hydrogen) atoms. The van der Waals surface area contributed by atoms with Crippen LogP contribution in [0.4, 0.5) is 0 Å². The summed E-state index contributed by atoms with van der Waals surface area (Å²) >= 11 is 0. The molecule has 0 amide bonds. The van der Waals surface area contributed by atoms with E-state index in [-0.39, 0.29) is 0 Å². The van der Waals surface area contributed by atoms with Gasteiger partial charge in [0.05, 0.1) is 13.2 Å². The van der Waals surface area contributed by atoms with Gasteiger partial charge in [0.1, 0.15) is 24.4 Å². The second-order valence-electron chi connectivity index (χ2n) is 4.03. The molecule has 0 aromatic carbocycles. The van der Waals surface area contributed by atoms with Crippen molar-refractivity contribution in [2.24, 2.45) is 0 Å². The highest BCUT2D eigenvalue weighted by atomic mass is 16.7. The van der Waals surface area contributed by atoms with E-state index in [1.807, 2.05) is 13.8 Å². The highest BCUT2D eigenvalue weighted by Crippen LogP contribution is 2.38. The minimum absolute atomic E-state index is 0.421. The molecule has 2 fully saturated rings. The zero-order valence-electron chi connectivity index (χ0n) is 10.2. The van der Waals surface area contributed by atoms with E-state index in [0.717, 1.165) is 6.42 Å². The van der Waals surface area contributed by atoms with Gasteiger partial charge in [-0.05, 0) is 6.42 Å². The van der Waals surface area contributed by atoms with Crippen LogP contribution in [0.25, 0.3) is 0 Å². The minimum Gasteiger partial charge on any atom is -0.394 e. The van der Waals surface area contributed by atoms with Crippen LogP contribution in [0, 0.1) is 0 Å². The molecular formula is C11H22O6. The quantitative estimate of drug-likeness (QED) is 0.476. The van der Waals surface area contributed by atoms with Gasteiger partial charge in [-0.3, -0.25) is 0 Å². The van der Waals surface area contributed by atoms with Gasteiger partial charge >= 0.3 is 0 Å². The molecule has 2 saturated heterocycles. The fraction of sp³-hybridized carbons (Fsp3) is 1.00. The molecule has 2 rings (SSSR count). The first kappa shape index (κ1) is 14.8. The molecule has 0 aromatic heterocycles. The van der Waals surface area contributed by atoms with Crippen LogP contribution in [0.2, 0.25) is 0 Å². The van der Waals surface area contributed by atoms with Crippen LogP contribution in [-0.4, -0.2) is 63.8 Å². The van der Waals surface area contributed by atoms with Crippen molar-refractivity contribution in [2.45, 2.75) is 56.9 Å². The minimum atomic E-state index is -1.35. The van der Waals surface area contributed by atoms with E-state index >= 15 is 0 Å². The van der Waals surface area contributed by atoms with Gasteiger partial charge in [0.2, 0.25) is 0 Å². The standard InChI is InChI=1S/C9H16O6.C2H6/c10-4-5-6(11)7(12)8(13)9(15-5)2-1-3-14-9;1-2/h5-8,10-13H,1-4H2;1-2H3/t5-,6-,7+,8-,9+;/m1./s1. The van der Waals surface area contributed by atoms with Gasteiger partial charge in [0.15, 0.2) is 5.79 Å². The lowest BCUT2D eigenvalue weighted by Crippen LogP contribution is -2.64.